The molecule has 7 heteroatoms. The molecule has 124 valence electrons. The molecular weight excluding hydrogens is 326 g/mol. The van der Waals surface area contributed by atoms with Gasteiger partial charge in [-0.1, -0.05) is 12.1 Å². The molecule has 0 radical (unpaired) electrons. The first-order chi connectivity index (χ1) is 11.5. The highest BCUT2D eigenvalue weighted by Crippen LogP contribution is 2.24. The second-order valence-electron chi connectivity index (χ2n) is 5.36. The number of rotatable bonds is 5. The number of nitrogens with one attached hydrogen (secondary N) is 1. The first kappa shape index (κ1) is 16.4. The molecule has 0 aliphatic carbocycles. The number of ether oxygens (including phenoxy) is 1. The Morgan fingerprint density at radius 2 is 1.79 bits per heavy atom. The Bertz CT molecular complexity index is 987. The van der Waals surface area contributed by atoms with E-state index in [1.165, 1.54) is 7.11 Å². The summed E-state index contributed by atoms with van der Waals surface area (Å²) in [5.41, 5.74) is 3.14. The number of aromatic nitrogens is 2. The van der Waals surface area contributed by atoms with E-state index in [-0.39, 0.29) is 11.4 Å². The maximum Gasteiger partial charge on any atom is 0.244 e. The lowest BCUT2D eigenvalue weighted by Crippen LogP contribution is -2.23. The number of nitrogens with zero attached hydrogens (tertiary/aromatic N) is 2. The summed E-state index contributed by atoms with van der Waals surface area (Å²) < 4.78 is 32.9. The molecule has 0 unspecified atom stereocenters. The normalized spacial score (nSPS) is 11.6. The maximum absolute atomic E-state index is 12.6. The fraction of sp³-hybridized carbons (Fsp3) is 0.176. The lowest BCUT2D eigenvalue weighted by Gasteiger charge is -2.11. The molecule has 0 saturated heterocycles. The average Bonchev–Trinajstić information content (AvgIpc) is 2.60. The van der Waals surface area contributed by atoms with Gasteiger partial charge in [0.15, 0.2) is 0 Å². The first-order valence-corrected chi connectivity index (χ1v) is 8.82. The molecule has 0 saturated carbocycles. The summed E-state index contributed by atoms with van der Waals surface area (Å²) >= 11 is 0. The van der Waals surface area contributed by atoms with Gasteiger partial charge in [-0.2, -0.15) is 0 Å². The fourth-order valence-electron chi connectivity index (χ4n) is 2.37. The van der Waals surface area contributed by atoms with Crippen LogP contribution in [0.2, 0.25) is 0 Å². The zero-order valence-corrected chi connectivity index (χ0v) is 14.2. The van der Waals surface area contributed by atoms with E-state index in [9.17, 15) is 8.42 Å². The maximum atomic E-state index is 12.6. The van der Waals surface area contributed by atoms with Crippen LogP contribution in [-0.4, -0.2) is 25.5 Å². The van der Waals surface area contributed by atoms with Crippen molar-refractivity contribution in [3.63, 3.8) is 0 Å². The Hall–Kier alpha value is -2.51. The number of hydrogen-bond acceptors (Lipinski definition) is 5. The van der Waals surface area contributed by atoms with Crippen LogP contribution in [0, 0.1) is 6.92 Å². The summed E-state index contributed by atoms with van der Waals surface area (Å²) in [5, 5.41) is 0. The molecule has 0 amide bonds. The van der Waals surface area contributed by atoms with Crippen molar-refractivity contribution >= 4 is 21.1 Å². The molecule has 0 spiro atoms. The van der Waals surface area contributed by atoms with Gasteiger partial charge in [-0.3, -0.25) is 9.97 Å². The van der Waals surface area contributed by atoms with Gasteiger partial charge in [-0.25, -0.2) is 13.1 Å². The summed E-state index contributed by atoms with van der Waals surface area (Å²) in [6.07, 6.45) is 3.22. The first-order valence-electron chi connectivity index (χ1n) is 7.33. The quantitative estimate of drug-likeness (QED) is 0.769. The number of aryl methyl sites for hydroxylation is 1. The largest absolute Gasteiger partial charge is 0.495 e. The third kappa shape index (κ3) is 3.37. The van der Waals surface area contributed by atoms with E-state index in [1.807, 2.05) is 25.1 Å². The molecule has 1 aromatic heterocycles. The molecule has 24 heavy (non-hydrogen) atoms. The number of benzene rings is 2. The molecule has 0 aliphatic rings. The van der Waals surface area contributed by atoms with Crippen LogP contribution in [0.5, 0.6) is 5.75 Å². The Kier molecular flexibility index (Phi) is 4.46. The van der Waals surface area contributed by atoms with E-state index < -0.39 is 10.0 Å². The molecular formula is C17H17N3O3S. The van der Waals surface area contributed by atoms with Gasteiger partial charge in [0.05, 0.1) is 18.1 Å². The molecule has 0 fully saturated rings. The Balaban J connectivity index is 1.85. The van der Waals surface area contributed by atoms with Crippen molar-refractivity contribution in [2.24, 2.45) is 0 Å². The zero-order chi connectivity index (χ0) is 17.2. The van der Waals surface area contributed by atoms with E-state index in [0.717, 1.165) is 22.2 Å². The van der Waals surface area contributed by atoms with E-state index in [4.69, 9.17) is 4.74 Å². The molecule has 1 N–H and O–H groups in total. The molecule has 3 aromatic rings. The van der Waals surface area contributed by atoms with Crippen LogP contribution in [0.4, 0.5) is 0 Å². The molecule has 0 aliphatic heterocycles. The lowest BCUT2D eigenvalue weighted by molar-refractivity contribution is 0.402. The highest BCUT2D eigenvalue weighted by atomic mass is 32.2. The van der Waals surface area contributed by atoms with Gasteiger partial charge in [0.25, 0.3) is 0 Å². The van der Waals surface area contributed by atoms with E-state index in [2.05, 4.69) is 14.7 Å². The SMILES string of the molecule is COc1ccc(C)cc1S(=O)(=O)NCc1ccc2nccnc2c1. The molecule has 6 nitrogen and oxygen atoms in total. The summed E-state index contributed by atoms with van der Waals surface area (Å²) in [7, 11) is -2.24. The summed E-state index contributed by atoms with van der Waals surface area (Å²) in [5.74, 6) is 0.317. The van der Waals surface area contributed by atoms with Crippen molar-refractivity contribution in [1.29, 1.82) is 0 Å². The van der Waals surface area contributed by atoms with Crippen molar-refractivity contribution < 1.29 is 13.2 Å². The Morgan fingerprint density at radius 3 is 2.54 bits per heavy atom. The summed E-state index contributed by atoms with van der Waals surface area (Å²) in [6, 6.07) is 10.5. The number of sulfonamides is 1. The van der Waals surface area contributed by atoms with Crippen molar-refractivity contribution in [2.45, 2.75) is 18.4 Å². The smallest absolute Gasteiger partial charge is 0.244 e. The van der Waals surface area contributed by atoms with Crippen LogP contribution in [0.3, 0.4) is 0 Å². The minimum atomic E-state index is -3.69. The van der Waals surface area contributed by atoms with Gasteiger partial charge in [-0.15, -0.1) is 0 Å². The zero-order valence-electron chi connectivity index (χ0n) is 13.4. The van der Waals surface area contributed by atoms with Gasteiger partial charge < -0.3 is 4.74 Å². The monoisotopic (exact) mass is 343 g/mol. The molecule has 0 bridgehead atoms. The molecule has 3 rings (SSSR count). The minimum absolute atomic E-state index is 0.130. The van der Waals surface area contributed by atoms with Crippen molar-refractivity contribution in [1.82, 2.24) is 14.7 Å². The molecule has 1 heterocycles. The predicted octanol–water partition coefficient (Wildman–Crippen LogP) is 2.43. The van der Waals surface area contributed by atoms with Crippen LogP contribution >= 0.6 is 0 Å². The summed E-state index contributed by atoms with van der Waals surface area (Å²) in [6.45, 7) is 1.99. The number of hydrogen-bond donors (Lipinski definition) is 1. The van der Waals surface area contributed by atoms with Crippen LogP contribution in [-0.2, 0) is 16.6 Å². The van der Waals surface area contributed by atoms with E-state index >= 15 is 0 Å². The number of methoxy groups -OCH3 is 1. The predicted molar refractivity (Wildman–Crippen MR) is 91.3 cm³/mol. The minimum Gasteiger partial charge on any atom is -0.495 e. The second kappa shape index (κ2) is 6.54. The van der Waals surface area contributed by atoms with Gasteiger partial charge >= 0.3 is 0 Å². The van der Waals surface area contributed by atoms with Crippen molar-refractivity contribution in [3.05, 3.63) is 59.9 Å². The van der Waals surface area contributed by atoms with Gasteiger partial charge in [-0.05, 0) is 42.3 Å². The van der Waals surface area contributed by atoms with Gasteiger partial charge in [0.2, 0.25) is 10.0 Å². The summed E-state index contributed by atoms with van der Waals surface area (Å²) in [4.78, 5) is 8.55. The fourth-order valence-corrected chi connectivity index (χ4v) is 3.64. The van der Waals surface area contributed by atoms with Gasteiger partial charge in [0.1, 0.15) is 10.6 Å². The van der Waals surface area contributed by atoms with E-state index in [0.29, 0.717) is 5.75 Å². The second-order valence-corrected chi connectivity index (χ2v) is 7.09. The topological polar surface area (TPSA) is 81.2 Å². The standard InChI is InChI=1S/C17H17N3O3S/c1-12-3-6-16(23-2)17(9-12)24(21,22)20-11-13-4-5-14-15(10-13)19-8-7-18-14/h3-10,20H,11H2,1-2H3. The van der Waals surface area contributed by atoms with E-state index in [1.54, 1.807) is 30.6 Å². The van der Waals surface area contributed by atoms with Crippen molar-refractivity contribution in [3.8, 4) is 5.75 Å². The van der Waals surface area contributed by atoms with Crippen molar-refractivity contribution in [2.75, 3.05) is 7.11 Å². The van der Waals surface area contributed by atoms with Crippen LogP contribution < -0.4 is 9.46 Å². The van der Waals surface area contributed by atoms with Crippen LogP contribution in [0.1, 0.15) is 11.1 Å². The van der Waals surface area contributed by atoms with Gasteiger partial charge in [0, 0.05) is 18.9 Å². The molecule has 2 aromatic carbocycles. The Labute approximate surface area is 140 Å². The highest BCUT2D eigenvalue weighted by Gasteiger charge is 2.19. The Morgan fingerprint density at radius 1 is 1.04 bits per heavy atom. The van der Waals surface area contributed by atoms with Crippen LogP contribution in [0.15, 0.2) is 53.7 Å². The third-order valence-electron chi connectivity index (χ3n) is 3.61. The lowest BCUT2D eigenvalue weighted by atomic mass is 10.2. The highest BCUT2D eigenvalue weighted by molar-refractivity contribution is 7.89. The third-order valence-corrected chi connectivity index (χ3v) is 5.03. The number of fused-ring (bicyclic) bond motifs is 1. The molecule has 0 atom stereocenters. The average molecular weight is 343 g/mol. The van der Waals surface area contributed by atoms with Crippen LogP contribution in [0.25, 0.3) is 11.0 Å².